The third kappa shape index (κ3) is 5.24. The molecule has 0 radical (unpaired) electrons. The first-order chi connectivity index (χ1) is 16.5. The molecule has 3 heterocycles. The van der Waals surface area contributed by atoms with E-state index in [0.717, 1.165) is 36.7 Å². The summed E-state index contributed by atoms with van der Waals surface area (Å²) in [6.45, 7) is 7.38. The SMILES string of the molecule is Cc1ccc(CN(Cc2ccc3c(c2)OCO3)Cc2nc(C(=O)N3CCN(C)CC3)co2)cc1. The van der Waals surface area contributed by atoms with Gasteiger partial charge in [-0.3, -0.25) is 9.69 Å². The summed E-state index contributed by atoms with van der Waals surface area (Å²) in [4.78, 5) is 23.7. The van der Waals surface area contributed by atoms with Gasteiger partial charge in [0.25, 0.3) is 5.91 Å². The van der Waals surface area contributed by atoms with Gasteiger partial charge in [0.15, 0.2) is 17.2 Å². The van der Waals surface area contributed by atoms with Crippen LogP contribution in [0.2, 0.25) is 0 Å². The predicted molar refractivity (Wildman–Crippen MR) is 127 cm³/mol. The molecule has 8 heteroatoms. The molecule has 2 aliphatic heterocycles. The second-order valence-corrected chi connectivity index (χ2v) is 9.04. The van der Waals surface area contributed by atoms with Crippen LogP contribution in [0.5, 0.6) is 11.5 Å². The number of piperazine rings is 1. The number of benzene rings is 2. The second-order valence-electron chi connectivity index (χ2n) is 9.04. The maximum absolute atomic E-state index is 12.9. The molecule has 0 unspecified atom stereocenters. The van der Waals surface area contributed by atoms with E-state index in [-0.39, 0.29) is 12.7 Å². The molecule has 1 saturated heterocycles. The summed E-state index contributed by atoms with van der Waals surface area (Å²) in [6, 6.07) is 14.5. The lowest BCUT2D eigenvalue weighted by Gasteiger charge is -2.31. The molecule has 0 bridgehead atoms. The number of hydrogen-bond acceptors (Lipinski definition) is 7. The van der Waals surface area contributed by atoms with Gasteiger partial charge in [-0.15, -0.1) is 0 Å². The smallest absolute Gasteiger partial charge is 0.275 e. The maximum Gasteiger partial charge on any atom is 0.275 e. The van der Waals surface area contributed by atoms with Gasteiger partial charge in [-0.1, -0.05) is 35.9 Å². The normalized spacial score (nSPS) is 15.8. The van der Waals surface area contributed by atoms with E-state index in [2.05, 4.69) is 53.0 Å². The number of fused-ring (bicyclic) bond motifs is 1. The fourth-order valence-corrected chi connectivity index (χ4v) is 4.26. The molecule has 1 amide bonds. The van der Waals surface area contributed by atoms with Crippen LogP contribution in [0.25, 0.3) is 0 Å². The van der Waals surface area contributed by atoms with Crippen LogP contribution in [-0.2, 0) is 19.6 Å². The molecule has 0 saturated carbocycles. The molecule has 8 nitrogen and oxygen atoms in total. The maximum atomic E-state index is 12.9. The number of aryl methyl sites for hydroxylation is 1. The van der Waals surface area contributed by atoms with Crippen molar-refractivity contribution in [1.82, 2.24) is 19.7 Å². The first kappa shape index (κ1) is 22.4. The predicted octanol–water partition coefficient (Wildman–Crippen LogP) is 3.30. The van der Waals surface area contributed by atoms with Gasteiger partial charge in [0.05, 0.1) is 6.54 Å². The first-order valence-electron chi connectivity index (χ1n) is 11.6. The van der Waals surface area contributed by atoms with E-state index in [1.165, 1.54) is 17.4 Å². The number of likely N-dealkylation sites (N-methyl/N-ethyl adjacent to an activating group) is 1. The van der Waals surface area contributed by atoms with Gasteiger partial charge in [0, 0.05) is 39.3 Å². The molecule has 0 atom stereocenters. The van der Waals surface area contributed by atoms with Gasteiger partial charge in [0.1, 0.15) is 6.26 Å². The van der Waals surface area contributed by atoms with Gasteiger partial charge in [-0.05, 0) is 37.2 Å². The number of nitrogens with zero attached hydrogens (tertiary/aromatic N) is 4. The molecule has 34 heavy (non-hydrogen) atoms. The van der Waals surface area contributed by atoms with Crippen molar-refractivity contribution in [3.63, 3.8) is 0 Å². The average Bonchev–Trinajstić information content (AvgIpc) is 3.50. The Kier molecular flexibility index (Phi) is 6.51. The third-order valence-corrected chi connectivity index (χ3v) is 6.29. The minimum Gasteiger partial charge on any atom is -0.454 e. The number of aromatic nitrogens is 1. The highest BCUT2D eigenvalue weighted by Crippen LogP contribution is 2.33. The highest BCUT2D eigenvalue weighted by atomic mass is 16.7. The van der Waals surface area contributed by atoms with Crippen molar-refractivity contribution in [3.05, 3.63) is 77.0 Å². The summed E-state index contributed by atoms with van der Waals surface area (Å²) in [7, 11) is 2.07. The number of carbonyl (C=O) groups is 1. The molecule has 1 fully saturated rings. The Hall–Kier alpha value is -3.36. The van der Waals surface area contributed by atoms with Crippen LogP contribution < -0.4 is 9.47 Å². The van der Waals surface area contributed by atoms with Crippen molar-refractivity contribution in [1.29, 1.82) is 0 Å². The van der Waals surface area contributed by atoms with Crippen LogP contribution in [0.1, 0.15) is 33.1 Å². The summed E-state index contributed by atoms with van der Waals surface area (Å²) >= 11 is 0. The van der Waals surface area contributed by atoms with Crippen LogP contribution in [0.3, 0.4) is 0 Å². The largest absolute Gasteiger partial charge is 0.454 e. The summed E-state index contributed by atoms with van der Waals surface area (Å²) < 4.78 is 16.7. The lowest BCUT2D eigenvalue weighted by molar-refractivity contribution is 0.0658. The first-order valence-corrected chi connectivity index (χ1v) is 11.6. The van der Waals surface area contributed by atoms with E-state index < -0.39 is 0 Å². The van der Waals surface area contributed by atoms with Crippen molar-refractivity contribution in [2.24, 2.45) is 0 Å². The van der Waals surface area contributed by atoms with Crippen LogP contribution in [0.15, 0.2) is 53.1 Å². The minimum atomic E-state index is -0.0658. The van der Waals surface area contributed by atoms with E-state index >= 15 is 0 Å². The number of carbonyl (C=O) groups excluding carboxylic acids is 1. The molecule has 1 aromatic heterocycles. The fourth-order valence-electron chi connectivity index (χ4n) is 4.26. The Morgan fingerprint density at radius 2 is 1.65 bits per heavy atom. The highest BCUT2D eigenvalue weighted by molar-refractivity contribution is 5.92. The Morgan fingerprint density at radius 1 is 0.941 bits per heavy atom. The molecule has 178 valence electrons. The second kappa shape index (κ2) is 9.87. The molecule has 0 aliphatic carbocycles. The zero-order valence-corrected chi connectivity index (χ0v) is 19.7. The zero-order valence-electron chi connectivity index (χ0n) is 19.7. The molecule has 3 aromatic rings. The number of amides is 1. The molecule has 2 aromatic carbocycles. The molecule has 0 N–H and O–H groups in total. The number of ether oxygens (including phenoxy) is 2. The summed E-state index contributed by atoms with van der Waals surface area (Å²) in [6.07, 6.45) is 1.49. The Labute approximate surface area is 199 Å². The minimum absolute atomic E-state index is 0.0658. The Morgan fingerprint density at radius 3 is 2.44 bits per heavy atom. The fraction of sp³-hybridized carbons (Fsp3) is 0.385. The Balaban J connectivity index is 1.31. The van der Waals surface area contributed by atoms with Crippen molar-refractivity contribution in [2.75, 3.05) is 40.0 Å². The van der Waals surface area contributed by atoms with E-state index in [4.69, 9.17) is 13.9 Å². The van der Waals surface area contributed by atoms with Crippen molar-refractivity contribution in [2.45, 2.75) is 26.6 Å². The van der Waals surface area contributed by atoms with Gasteiger partial charge >= 0.3 is 0 Å². The number of hydrogen-bond donors (Lipinski definition) is 0. The van der Waals surface area contributed by atoms with Crippen LogP contribution >= 0.6 is 0 Å². The van der Waals surface area contributed by atoms with Crippen molar-refractivity contribution in [3.8, 4) is 11.5 Å². The van der Waals surface area contributed by atoms with E-state index in [1.54, 1.807) is 0 Å². The molecule has 2 aliphatic rings. The molecule has 5 rings (SSSR count). The number of rotatable bonds is 7. The van der Waals surface area contributed by atoms with Crippen molar-refractivity contribution < 1.29 is 18.7 Å². The summed E-state index contributed by atoms with van der Waals surface area (Å²) in [5.41, 5.74) is 3.91. The lowest BCUT2D eigenvalue weighted by atomic mass is 10.1. The third-order valence-electron chi connectivity index (χ3n) is 6.29. The van der Waals surface area contributed by atoms with E-state index in [1.807, 2.05) is 23.1 Å². The average molecular weight is 463 g/mol. The van der Waals surface area contributed by atoms with Crippen LogP contribution in [0, 0.1) is 6.92 Å². The molecular formula is C26H30N4O4. The molecule has 0 spiro atoms. The topological polar surface area (TPSA) is 71.3 Å². The number of oxazole rings is 1. The van der Waals surface area contributed by atoms with Gasteiger partial charge < -0.3 is 23.7 Å². The van der Waals surface area contributed by atoms with Gasteiger partial charge in [-0.2, -0.15) is 0 Å². The molecular weight excluding hydrogens is 432 g/mol. The van der Waals surface area contributed by atoms with Crippen molar-refractivity contribution >= 4 is 5.91 Å². The summed E-state index contributed by atoms with van der Waals surface area (Å²) in [5, 5.41) is 0. The van der Waals surface area contributed by atoms with E-state index in [9.17, 15) is 4.79 Å². The highest BCUT2D eigenvalue weighted by Gasteiger charge is 2.24. The van der Waals surface area contributed by atoms with E-state index in [0.29, 0.717) is 37.8 Å². The lowest BCUT2D eigenvalue weighted by Crippen LogP contribution is -2.47. The van der Waals surface area contributed by atoms with Gasteiger partial charge in [0.2, 0.25) is 12.7 Å². The standard InChI is InChI=1S/C26H30N4O4/c1-19-3-5-20(6-4-19)14-29(15-21-7-8-23-24(13-21)34-18-33-23)16-25-27-22(17-32-25)26(31)30-11-9-28(2)10-12-30/h3-8,13,17H,9-12,14-16,18H2,1-2H3. The zero-order chi connectivity index (χ0) is 23.5. The monoisotopic (exact) mass is 462 g/mol. The quantitative estimate of drug-likeness (QED) is 0.534. The summed E-state index contributed by atoms with van der Waals surface area (Å²) in [5.74, 6) is 2.01. The van der Waals surface area contributed by atoms with Gasteiger partial charge in [-0.25, -0.2) is 4.98 Å². The Bertz CT molecular complexity index is 1140. The van der Waals surface area contributed by atoms with Crippen LogP contribution in [-0.4, -0.2) is 65.6 Å². The van der Waals surface area contributed by atoms with Crippen LogP contribution in [0.4, 0.5) is 0 Å².